The van der Waals surface area contributed by atoms with Gasteiger partial charge in [-0.1, -0.05) is 63.7 Å². The zero-order chi connectivity index (χ0) is 15.0. The van der Waals surface area contributed by atoms with Crippen LogP contribution in [0.1, 0.15) is 25.7 Å². The van der Waals surface area contributed by atoms with Gasteiger partial charge in [-0.25, -0.2) is 0 Å². The van der Waals surface area contributed by atoms with Crippen LogP contribution >= 0.6 is 63.7 Å². The second-order valence-electron chi connectivity index (χ2n) is 5.78. The lowest BCUT2D eigenvalue weighted by Gasteiger charge is -2.38. The number of aliphatic hydroxyl groups excluding tert-OH is 2. The molecule has 0 aromatic rings. The van der Waals surface area contributed by atoms with E-state index in [4.69, 9.17) is 0 Å². The van der Waals surface area contributed by atoms with Crippen molar-refractivity contribution in [3.63, 3.8) is 0 Å². The summed E-state index contributed by atoms with van der Waals surface area (Å²) in [5.41, 5.74) is 0. The topological polar surface area (TPSA) is 57.5 Å². The number of hydrogen-bond acceptors (Lipinski definition) is 3. The first kappa shape index (κ1) is 17.9. The number of halogens is 4. The molecule has 4 atom stereocenters. The molecule has 0 radical (unpaired) electrons. The van der Waals surface area contributed by atoms with Crippen molar-refractivity contribution in [2.75, 3.05) is 0 Å². The molecule has 2 fully saturated rings. The van der Waals surface area contributed by atoms with Gasteiger partial charge in [-0.15, -0.1) is 0 Å². The van der Waals surface area contributed by atoms with E-state index in [9.17, 15) is 15.0 Å². The number of aliphatic hydroxyl groups is 2. The van der Waals surface area contributed by atoms with Gasteiger partial charge in [-0.05, 0) is 25.7 Å². The summed E-state index contributed by atoms with van der Waals surface area (Å²) >= 11 is 13.9. The molecule has 2 aliphatic rings. The molecule has 0 aliphatic heterocycles. The molecule has 0 aromatic heterocycles. The average Bonchev–Trinajstić information content (AvgIpc) is 2.40. The standard InChI is InChI=1S/C13H18Br4O3/c14-7-1-5(2-8(15)12(7)19)11(18)6-3-9(16)13(20)10(17)4-6/h5-10,12-13,19-20H,1-4H2. The molecule has 0 saturated heterocycles. The third kappa shape index (κ3) is 3.88. The van der Waals surface area contributed by atoms with Gasteiger partial charge in [0.2, 0.25) is 0 Å². The van der Waals surface area contributed by atoms with Crippen LogP contribution in [0.4, 0.5) is 0 Å². The summed E-state index contributed by atoms with van der Waals surface area (Å²) < 4.78 is 0. The monoisotopic (exact) mass is 538 g/mol. The summed E-state index contributed by atoms with van der Waals surface area (Å²) in [7, 11) is 0. The van der Waals surface area contributed by atoms with Crippen LogP contribution in [0.3, 0.4) is 0 Å². The Morgan fingerprint density at radius 3 is 1.20 bits per heavy atom. The van der Waals surface area contributed by atoms with Crippen molar-refractivity contribution in [1.29, 1.82) is 0 Å². The van der Waals surface area contributed by atoms with Crippen molar-refractivity contribution in [2.24, 2.45) is 11.8 Å². The number of hydrogen-bond donors (Lipinski definition) is 2. The van der Waals surface area contributed by atoms with Crippen molar-refractivity contribution < 1.29 is 15.0 Å². The van der Waals surface area contributed by atoms with Gasteiger partial charge in [-0.2, -0.15) is 0 Å². The van der Waals surface area contributed by atoms with Gasteiger partial charge in [0.05, 0.1) is 12.2 Å². The Bertz CT molecular complexity index is 312. The highest BCUT2D eigenvalue weighted by Crippen LogP contribution is 2.40. The van der Waals surface area contributed by atoms with Crippen molar-refractivity contribution in [3.05, 3.63) is 0 Å². The van der Waals surface area contributed by atoms with Crippen LogP contribution in [-0.4, -0.2) is 47.5 Å². The van der Waals surface area contributed by atoms with Gasteiger partial charge < -0.3 is 10.2 Å². The second kappa shape index (κ2) is 7.39. The first-order chi connectivity index (χ1) is 9.31. The lowest BCUT2D eigenvalue weighted by atomic mass is 9.75. The lowest BCUT2D eigenvalue weighted by Crippen LogP contribution is -2.45. The van der Waals surface area contributed by atoms with E-state index >= 15 is 0 Å². The first-order valence-corrected chi connectivity index (χ1v) is 10.4. The molecular formula is C13H18Br4O3. The summed E-state index contributed by atoms with van der Waals surface area (Å²) in [6.45, 7) is 0. The van der Waals surface area contributed by atoms with Gasteiger partial charge in [0.25, 0.3) is 0 Å². The molecule has 7 heteroatoms. The molecular weight excluding hydrogens is 524 g/mol. The van der Waals surface area contributed by atoms with Crippen molar-refractivity contribution in [1.82, 2.24) is 0 Å². The van der Waals surface area contributed by atoms with Crippen molar-refractivity contribution >= 4 is 69.5 Å². The molecule has 0 aromatic carbocycles. The van der Waals surface area contributed by atoms with E-state index in [0.717, 1.165) is 0 Å². The third-order valence-corrected chi connectivity index (χ3v) is 7.99. The van der Waals surface area contributed by atoms with Gasteiger partial charge in [0.1, 0.15) is 5.78 Å². The Balaban J connectivity index is 2.01. The van der Waals surface area contributed by atoms with E-state index in [0.29, 0.717) is 25.7 Å². The maximum Gasteiger partial charge on any atom is 0.139 e. The van der Waals surface area contributed by atoms with E-state index < -0.39 is 12.2 Å². The van der Waals surface area contributed by atoms with Gasteiger partial charge in [-0.3, -0.25) is 4.79 Å². The van der Waals surface area contributed by atoms with E-state index in [1.165, 1.54) is 0 Å². The molecule has 2 aliphatic carbocycles. The van der Waals surface area contributed by atoms with Crippen LogP contribution in [-0.2, 0) is 4.79 Å². The molecule has 0 heterocycles. The molecule has 0 spiro atoms. The summed E-state index contributed by atoms with van der Waals surface area (Å²) in [6, 6.07) is 0. The highest BCUT2D eigenvalue weighted by atomic mass is 79.9. The zero-order valence-corrected chi connectivity index (χ0v) is 17.1. The van der Waals surface area contributed by atoms with Crippen molar-refractivity contribution in [3.8, 4) is 0 Å². The summed E-state index contributed by atoms with van der Waals surface area (Å²) in [6.07, 6.45) is 1.84. The number of Topliss-reactive ketones (excluding diaryl/α,β-unsaturated/α-hetero) is 1. The van der Waals surface area contributed by atoms with E-state index in [1.807, 2.05) is 0 Å². The Morgan fingerprint density at radius 2 is 0.950 bits per heavy atom. The van der Waals surface area contributed by atoms with E-state index in [-0.39, 0.29) is 36.9 Å². The summed E-state index contributed by atoms with van der Waals surface area (Å²) in [5.74, 6) is 0.227. The summed E-state index contributed by atoms with van der Waals surface area (Å²) in [5, 5.41) is 19.8. The van der Waals surface area contributed by atoms with Gasteiger partial charge >= 0.3 is 0 Å². The molecule has 2 saturated carbocycles. The molecule has 3 nitrogen and oxygen atoms in total. The predicted molar refractivity (Wildman–Crippen MR) is 93.3 cm³/mol. The average molecular weight is 542 g/mol. The van der Waals surface area contributed by atoms with Crippen LogP contribution in [0.15, 0.2) is 0 Å². The smallest absolute Gasteiger partial charge is 0.139 e. The molecule has 2 N–H and O–H groups in total. The molecule has 0 amide bonds. The molecule has 20 heavy (non-hydrogen) atoms. The fourth-order valence-electron chi connectivity index (χ4n) is 3.09. The Labute approximate surface area is 152 Å². The molecule has 2 rings (SSSR count). The Morgan fingerprint density at radius 1 is 0.700 bits per heavy atom. The minimum absolute atomic E-state index is 0.0215. The fourth-order valence-corrected chi connectivity index (χ4v) is 7.19. The SMILES string of the molecule is O=C(C1CC(Br)C(O)C(Br)C1)C1CC(Br)C(O)C(Br)C1. The van der Waals surface area contributed by atoms with Crippen LogP contribution in [0.25, 0.3) is 0 Å². The van der Waals surface area contributed by atoms with Crippen molar-refractivity contribution in [2.45, 2.75) is 57.2 Å². The van der Waals surface area contributed by atoms with Crippen LogP contribution in [0, 0.1) is 11.8 Å². The molecule has 4 unspecified atom stereocenters. The first-order valence-electron chi connectivity index (χ1n) is 6.77. The quantitative estimate of drug-likeness (QED) is 0.528. The van der Waals surface area contributed by atoms with Gasteiger partial charge in [0, 0.05) is 31.1 Å². The number of carbonyl (C=O) groups is 1. The second-order valence-corrected chi connectivity index (χ2v) is 10.5. The largest absolute Gasteiger partial charge is 0.391 e. The van der Waals surface area contributed by atoms with Crippen LogP contribution < -0.4 is 0 Å². The lowest BCUT2D eigenvalue weighted by molar-refractivity contribution is -0.129. The zero-order valence-electron chi connectivity index (χ0n) is 10.8. The van der Waals surface area contributed by atoms with Gasteiger partial charge in [0.15, 0.2) is 0 Å². The number of alkyl halides is 4. The van der Waals surface area contributed by atoms with Crippen LogP contribution in [0.5, 0.6) is 0 Å². The number of ketones is 1. The number of carbonyl (C=O) groups excluding carboxylic acids is 1. The molecule has 116 valence electrons. The normalized spacial score (nSPS) is 49.9. The fraction of sp³-hybridized carbons (Fsp3) is 0.923. The summed E-state index contributed by atoms with van der Waals surface area (Å²) in [4.78, 5) is 12.5. The maximum absolute atomic E-state index is 12.7. The highest BCUT2D eigenvalue weighted by Gasteiger charge is 2.43. The molecule has 0 bridgehead atoms. The minimum Gasteiger partial charge on any atom is -0.391 e. The van der Waals surface area contributed by atoms with E-state index in [1.54, 1.807) is 0 Å². The third-order valence-electron chi connectivity index (χ3n) is 4.33. The maximum atomic E-state index is 12.7. The predicted octanol–water partition coefficient (Wildman–Crippen LogP) is 3.15. The Kier molecular flexibility index (Phi) is 6.60. The Hall–Kier alpha value is 1.51. The van der Waals surface area contributed by atoms with E-state index in [2.05, 4.69) is 63.7 Å². The number of rotatable bonds is 2. The minimum atomic E-state index is -0.444. The highest BCUT2D eigenvalue weighted by molar-refractivity contribution is 9.10. The van der Waals surface area contributed by atoms with Crippen LogP contribution in [0.2, 0.25) is 0 Å².